The molecule has 2 amide bonds. The maximum Gasteiger partial charge on any atom is 0.410 e. The number of ether oxygens (including phenoxy) is 1. The summed E-state index contributed by atoms with van der Waals surface area (Å²) < 4.78 is 5.97. The number of hydrogen-bond acceptors (Lipinski definition) is 4. The van der Waals surface area contributed by atoms with Crippen molar-refractivity contribution in [2.45, 2.75) is 43.8 Å². The van der Waals surface area contributed by atoms with Gasteiger partial charge in [0, 0.05) is 25.0 Å². The number of nitrogens with zero attached hydrogens (tertiary/aromatic N) is 1. The predicted octanol–water partition coefficient (Wildman–Crippen LogP) is 5.99. The van der Waals surface area contributed by atoms with E-state index < -0.39 is 18.2 Å². The topological polar surface area (TPSA) is 84.7 Å². The molecule has 1 aliphatic heterocycles. The number of hydrogen-bond donors (Lipinski definition) is 2. The van der Waals surface area contributed by atoms with Crippen molar-refractivity contribution < 1.29 is 14.3 Å². The van der Waals surface area contributed by atoms with E-state index in [1.807, 2.05) is 30.3 Å². The van der Waals surface area contributed by atoms with E-state index in [4.69, 9.17) is 33.7 Å². The molecule has 8 heteroatoms. The molecule has 1 saturated carbocycles. The largest absolute Gasteiger partial charge is 0.448 e. The van der Waals surface area contributed by atoms with Gasteiger partial charge in [-0.1, -0.05) is 83.9 Å². The number of rotatable bonds is 6. The lowest BCUT2D eigenvalue weighted by atomic mass is 9.85. The van der Waals surface area contributed by atoms with Crippen LogP contribution in [0.5, 0.6) is 0 Å². The van der Waals surface area contributed by atoms with Crippen molar-refractivity contribution in [3.05, 3.63) is 93.5 Å². The maximum atomic E-state index is 13.6. The number of carbonyl (C=O) groups excluding carboxylic acids is 2. The van der Waals surface area contributed by atoms with Crippen molar-refractivity contribution >= 4 is 35.2 Å². The Bertz CT molecular complexity index is 1360. The van der Waals surface area contributed by atoms with Crippen LogP contribution in [0.2, 0.25) is 10.0 Å². The molecule has 202 valence electrons. The van der Waals surface area contributed by atoms with E-state index in [2.05, 4.69) is 29.6 Å². The molecular formula is C31H31Cl2N3O3. The van der Waals surface area contributed by atoms with Crippen LogP contribution in [0.15, 0.2) is 66.7 Å². The lowest BCUT2D eigenvalue weighted by Gasteiger charge is -2.42. The van der Waals surface area contributed by atoms with E-state index in [1.54, 1.807) is 17.0 Å². The minimum Gasteiger partial charge on any atom is -0.448 e. The van der Waals surface area contributed by atoms with Gasteiger partial charge in [0.05, 0.1) is 10.0 Å². The first kappa shape index (κ1) is 26.2. The summed E-state index contributed by atoms with van der Waals surface area (Å²) in [6, 6.07) is 20.4. The second-order valence-electron chi connectivity index (χ2n) is 10.8. The molecule has 2 fully saturated rings. The average Bonchev–Trinajstić information content (AvgIpc) is 3.75. The van der Waals surface area contributed by atoms with Gasteiger partial charge in [0.2, 0.25) is 5.91 Å². The molecule has 3 aromatic rings. The molecular weight excluding hydrogens is 533 g/mol. The number of nitrogens with two attached hydrogens (primary N) is 1. The normalized spacial score (nSPS) is 22.2. The predicted molar refractivity (Wildman–Crippen MR) is 153 cm³/mol. The summed E-state index contributed by atoms with van der Waals surface area (Å²) in [6.07, 6.45) is 2.48. The quantitative estimate of drug-likeness (QED) is 0.386. The van der Waals surface area contributed by atoms with Gasteiger partial charge in [-0.05, 0) is 65.0 Å². The van der Waals surface area contributed by atoms with Crippen molar-refractivity contribution in [3.8, 4) is 11.1 Å². The number of amides is 2. The Morgan fingerprint density at radius 3 is 2.26 bits per heavy atom. The average molecular weight is 565 g/mol. The summed E-state index contributed by atoms with van der Waals surface area (Å²) in [5, 5.41) is 3.74. The van der Waals surface area contributed by atoms with Crippen molar-refractivity contribution in [1.82, 2.24) is 10.2 Å². The molecule has 3 unspecified atom stereocenters. The fourth-order valence-electron chi connectivity index (χ4n) is 6.23. The second-order valence-corrected chi connectivity index (χ2v) is 11.6. The zero-order valence-corrected chi connectivity index (χ0v) is 23.0. The highest BCUT2D eigenvalue weighted by Crippen LogP contribution is 2.45. The summed E-state index contributed by atoms with van der Waals surface area (Å²) in [4.78, 5) is 28.6. The summed E-state index contributed by atoms with van der Waals surface area (Å²) in [5.74, 6) is 0.443. The second kappa shape index (κ2) is 10.8. The van der Waals surface area contributed by atoms with Crippen molar-refractivity contribution in [2.75, 3.05) is 13.2 Å². The molecule has 2 aliphatic carbocycles. The first-order valence-corrected chi connectivity index (χ1v) is 14.3. The van der Waals surface area contributed by atoms with E-state index in [9.17, 15) is 9.59 Å². The Morgan fingerprint density at radius 2 is 1.59 bits per heavy atom. The molecule has 0 spiro atoms. The number of piperidine rings is 1. The van der Waals surface area contributed by atoms with Crippen LogP contribution >= 0.6 is 23.2 Å². The van der Waals surface area contributed by atoms with Crippen LogP contribution in [-0.4, -0.2) is 42.1 Å². The minimum atomic E-state index is -0.825. The minimum absolute atomic E-state index is 0.0590. The lowest BCUT2D eigenvalue weighted by Crippen LogP contribution is -2.63. The monoisotopic (exact) mass is 563 g/mol. The van der Waals surface area contributed by atoms with Crippen LogP contribution in [0.25, 0.3) is 11.1 Å². The van der Waals surface area contributed by atoms with Crippen LogP contribution in [0, 0.1) is 11.8 Å². The molecule has 0 bridgehead atoms. The fourth-order valence-corrected chi connectivity index (χ4v) is 6.62. The SMILES string of the molecule is NC1CC(C2CC2)CN(C(=O)OCC2c3ccccc3-c3ccccc32)C1C(=O)NCc1cccc(Cl)c1Cl. The molecule has 3 atom stereocenters. The van der Waals surface area contributed by atoms with Crippen LogP contribution < -0.4 is 11.1 Å². The van der Waals surface area contributed by atoms with Gasteiger partial charge in [0.1, 0.15) is 12.6 Å². The summed E-state index contributed by atoms with van der Waals surface area (Å²) in [7, 11) is 0. The van der Waals surface area contributed by atoms with Crippen molar-refractivity contribution in [3.63, 3.8) is 0 Å². The van der Waals surface area contributed by atoms with E-state index in [1.165, 1.54) is 11.1 Å². The van der Waals surface area contributed by atoms with Gasteiger partial charge in [0.15, 0.2) is 0 Å². The van der Waals surface area contributed by atoms with Gasteiger partial charge in [-0.25, -0.2) is 4.79 Å². The van der Waals surface area contributed by atoms with Gasteiger partial charge in [-0.3, -0.25) is 9.69 Å². The highest BCUT2D eigenvalue weighted by Gasteiger charge is 2.46. The third-order valence-electron chi connectivity index (χ3n) is 8.36. The molecule has 1 saturated heterocycles. The van der Waals surface area contributed by atoms with E-state index >= 15 is 0 Å². The highest BCUT2D eigenvalue weighted by atomic mass is 35.5. The number of halogens is 2. The van der Waals surface area contributed by atoms with Gasteiger partial charge in [0.25, 0.3) is 0 Å². The third-order valence-corrected chi connectivity index (χ3v) is 9.22. The van der Waals surface area contributed by atoms with E-state index in [0.717, 1.165) is 24.0 Å². The van der Waals surface area contributed by atoms with Crippen LogP contribution in [0.4, 0.5) is 4.79 Å². The van der Waals surface area contributed by atoms with E-state index in [0.29, 0.717) is 34.5 Å². The zero-order valence-electron chi connectivity index (χ0n) is 21.5. The van der Waals surface area contributed by atoms with Crippen LogP contribution in [0.1, 0.15) is 41.9 Å². The summed E-state index contributed by atoms with van der Waals surface area (Å²) >= 11 is 12.4. The number of carbonyl (C=O) groups is 2. The molecule has 3 aliphatic rings. The molecule has 0 radical (unpaired) electrons. The number of nitrogens with one attached hydrogen (secondary N) is 1. The molecule has 1 heterocycles. The summed E-state index contributed by atoms with van der Waals surface area (Å²) in [6.45, 7) is 0.843. The number of likely N-dealkylation sites (tertiary alicyclic amines) is 1. The number of fused-ring (bicyclic) bond motifs is 3. The Morgan fingerprint density at radius 1 is 0.923 bits per heavy atom. The summed E-state index contributed by atoms with van der Waals surface area (Å²) in [5.41, 5.74) is 11.9. The number of benzene rings is 3. The molecule has 0 aromatic heterocycles. The molecule has 6 rings (SSSR count). The first-order valence-electron chi connectivity index (χ1n) is 13.5. The Hall–Kier alpha value is -3.06. The molecule has 3 aromatic carbocycles. The Labute approximate surface area is 238 Å². The van der Waals surface area contributed by atoms with Gasteiger partial charge in [-0.2, -0.15) is 0 Å². The van der Waals surface area contributed by atoms with Crippen LogP contribution in [0.3, 0.4) is 0 Å². The van der Waals surface area contributed by atoms with Gasteiger partial charge in [-0.15, -0.1) is 0 Å². The van der Waals surface area contributed by atoms with Crippen molar-refractivity contribution in [1.29, 1.82) is 0 Å². The first-order chi connectivity index (χ1) is 18.9. The van der Waals surface area contributed by atoms with Gasteiger partial charge < -0.3 is 15.8 Å². The molecule has 39 heavy (non-hydrogen) atoms. The third kappa shape index (κ3) is 5.13. The lowest BCUT2D eigenvalue weighted by molar-refractivity contribution is -0.128. The maximum absolute atomic E-state index is 13.6. The Kier molecular flexibility index (Phi) is 7.27. The smallest absolute Gasteiger partial charge is 0.410 e. The standard InChI is InChI=1S/C31H31Cl2N3O3/c32-26-11-5-6-19(28(26)33)15-35-30(37)29-27(34)14-20(18-12-13-18)16-36(29)31(38)39-17-25-23-9-3-1-7-21(23)22-8-2-4-10-24(22)25/h1-11,18,20,25,27,29H,12-17,34H2,(H,35,37). The van der Waals surface area contributed by atoms with Crippen molar-refractivity contribution in [2.24, 2.45) is 17.6 Å². The van der Waals surface area contributed by atoms with Crippen LogP contribution in [-0.2, 0) is 16.1 Å². The molecule has 3 N–H and O–H groups in total. The molecule has 6 nitrogen and oxygen atoms in total. The van der Waals surface area contributed by atoms with Gasteiger partial charge >= 0.3 is 6.09 Å². The van der Waals surface area contributed by atoms with E-state index in [-0.39, 0.29) is 30.9 Å². The highest BCUT2D eigenvalue weighted by molar-refractivity contribution is 6.42. The Balaban J connectivity index is 1.19. The fraction of sp³-hybridized carbons (Fsp3) is 0.355. The zero-order chi connectivity index (χ0) is 27.1.